The molecule has 2 aromatic heterocycles. The van der Waals surface area contributed by atoms with Gasteiger partial charge in [-0.25, -0.2) is 4.98 Å². The highest BCUT2D eigenvalue weighted by Gasteiger charge is 2.20. The van der Waals surface area contributed by atoms with Gasteiger partial charge in [0.2, 0.25) is 11.7 Å². The first-order valence-corrected chi connectivity index (χ1v) is 8.10. The SMILES string of the molecule is CN(Cc1ccc(Cl)nc1)c1nc(Oc2ccccc2)ccc1[N+](=O)[O-]. The molecular formula is C18H15ClN4O3. The predicted molar refractivity (Wildman–Crippen MR) is 98.8 cm³/mol. The fourth-order valence-corrected chi connectivity index (χ4v) is 2.47. The number of para-hydroxylation sites is 1. The molecule has 0 atom stereocenters. The highest BCUT2D eigenvalue weighted by Crippen LogP contribution is 2.30. The number of pyridine rings is 2. The molecule has 3 aromatic rings. The number of aromatic nitrogens is 2. The Hall–Kier alpha value is -3.19. The minimum atomic E-state index is -0.467. The van der Waals surface area contributed by atoms with E-state index in [1.54, 1.807) is 36.3 Å². The second-order valence-electron chi connectivity index (χ2n) is 5.51. The molecule has 0 amide bonds. The summed E-state index contributed by atoms with van der Waals surface area (Å²) in [5, 5.41) is 11.7. The fourth-order valence-electron chi connectivity index (χ4n) is 2.36. The first kappa shape index (κ1) is 17.6. The maximum absolute atomic E-state index is 11.4. The Morgan fingerprint density at radius 1 is 1.15 bits per heavy atom. The Bertz CT molecular complexity index is 904. The van der Waals surface area contributed by atoms with Crippen molar-refractivity contribution in [1.82, 2.24) is 9.97 Å². The van der Waals surface area contributed by atoms with Gasteiger partial charge in [0.05, 0.1) is 4.92 Å². The molecule has 0 N–H and O–H groups in total. The highest BCUT2D eigenvalue weighted by molar-refractivity contribution is 6.29. The summed E-state index contributed by atoms with van der Waals surface area (Å²) in [6.07, 6.45) is 1.62. The van der Waals surface area contributed by atoms with E-state index >= 15 is 0 Å². The number of benzene rings is 1. The molecule has 7 nitrogen and oxygen atoms in total. The number of nitrogens with zero attached hydrogens (tertiary/aromatic N) is 4. The second kappa shape index (κ2) is 7.79. The van der Waals surface area contributed by atoms with Crippen molar-refractivity contribution in [3.05, 3.63) is 81.6 Å². The molecule has 132 valence electrons. The van der Waals surface area contributed by atoms with E-state index in [-0.39, 0.29) is 17.4 Å². The van der Waals surface area contributed by atoms with Gasteiger partial charge in [-0.3, -0.25) is 10.1 Å². The Morgan fingerprint density at radius 2 is 1.92 bits per heavy atom. The lowest BCUT2D eigenvalue weighted by Gasteiger charge is -2.18. The molecule has 3 rings (SSSR count). The molecular weight excluding hydrogens is 356 g/mol. The number of hydrogen-bond donors (Lipinski definition) is 0. The number of halogens is 1. The number of hydrogen-bond acceptors (Lipinski definition) is 6. The Morgan fingerprint density at radius 3 is 2.58 bits per heavy atom. The second-order valence-corrected chi connectivity index (χ2v) is 5.90. The van der Waals surface area contributed by atoms with Crippen LogP contribution in [0.5, 0.6) is 11.6 Å². The third-order valence-corrected chi connectivity index (χ3v) is 3.78. The van der Waals surface area contributed by atoms with Crippen LogP contribution in [-0.2, 0) is 6.54 Å². The quantitative estimate of drug-likeness (QED) is 0.362. The van der Waals surface area contributed by atoms with Crippen molar-refractivity contribution in [1.29, 1.82) is 0 Å². The van der Waals surface area contributed by atoms with E-state index in [0.717, 1.165) is 5.56 Å². The van der Waals surface area contributed by atoms with Gasteiger partial charge >= 0.3 is 5.69 Å². The maximum Gasteiger partial charge on any atom is 0.311 e. The van der Waals surface area contributed by atoms with Crippen molar-refractivity contribution in [3.8, 4) is 11.6 Å². The van der Waals surface area contributed by atoms with E-state index in [0.29, 0.717) is 17.4 Å². The molecule has 1 aromatic carbocycles. The summed E-state index contributed by atoms with van der Waals surface area (Å²) in [5.74, 6) is 1.08. The number of rotatable bonds is 6. The summed E-state index contributed by atoms with van der Waals surface area (Å²) in [6, 6.07) is 15.4. The monoisotopic (exact) mass is 370 g/mol. The average Bonchev–Trinajstić information content (AvgIpc) is 2.64. The van der Waals surface area contributed by atoms with Crippen LogP contribution in [0.3, 0.4) is 0 Å². The van der Waals surface area contributed by atoms with Crippen LogP contribution in [0.2, 0.25) is 5.15 Å². The standard InChI is InChI=1S/C18H15ClN4O3/c1-22(12-13-7-9-16(19)20-11-13)18-15(23(24)25)8-10-17(21-18)26-14-5-3-2-4-6-14/h2-11H,12H2,1H3. The molecule has 0 bridgehead atoms. The van der Waals surface area contributed by atoms with Crippen LogP contribution in [0.1, 0.15) is 5.56 Å². The third kappa shape index (κ3) is 4.25. The first-order valence-electron chi connectivity index (χ1n) is 7.73. The van der Waals surface area contributed by atoms with Gasteiger partial charge in [0.25, 0.3) is 0 Å². The Balaban J connectivity index is 1.88. The Labute approximate surface area is 155 Å². The smallest absolute Gasteiger partial charge is 0.311 e. The summed E-state index contributed by atoms with van der Waals surface area (Å²) >= 11 is 5.79. The van der Waals surface area contributed by atoms with Crippen LogP contribution in [0, 0.1) is 10.1 Å². The molecule has 0 aliphatic rings. The zero-order valence-electron chi connectivity index (χ0n) is 13.9. The zero-order chi connectivity index (χ0) is 18.5. The van der Waals surface area contributed by atoms with Crippen molar-refractivity contribution in [3.63, 3.8) is 0 Å². The van der Waals surface area contributed by atoms with E-state index in [9.17, 15) is 10.1 Å². The molecule has 8 heteroatoms. The van der Waals surface area contributed by atoms with Gasteiger partial charge in [0.1, 0.15) is 10.9 Å². The van der Waals surface area contributed by atoms with Gasteiger partial charge < -0.3 is 9.64 Å². The fraction of sp³-hybridized carbons (Fsp3) is 0.111. The largest absolute Gasteiger partial charge is 0.439 e. The topological polar surface area (TPSA) is 81.4 Å². The minimum Gasteiger partial charge on any atom is -0.439 e. The minimum absolute atomic E-state index is 0.102. The lowest BCUT2D eigenvalue weighted by atomic mass is 10.2. The lowest BCUT2D eigenvalue weighted by Crippen LogP contribution is -2.19. The Kier molecular flexibility index (Phi) is 5.28. The third-order valence-electron chi connectivity index (χ3n) is 3.56. The molecule has 0 aliphatic carbocycles. The van der Waals surface area contributed by atoms with Crippen LogP contribution < -0.4 is 9.64 Å². The summed E-state index contributed by atoms with van der Waals surface area (Å²) in [4.78, 5) is 20.9. The van der Waals surface area contributed by atoms with Crippen molar-refractivity contribution in [2.45, 2.75) is 6.54 Å². The summed E-state index contributed by atoms with van der Waals surface area (Å²) in [5.41, 5.74) is 0.747. The van der Waals surface area contributed by atoms with Crippen LogP contribution >= 0.6 is 11.6 Å². The van der Waals surface area contributed by atoms with Gasteiger partial charge in [0.15, 0.2) is 0 Å². The van der Waals surface area contributed by atoms with Gasteiger partial charge in [-0.15, -0.1) is 0 Å². The van der Waals surface area contributed by atoms with Crippen molar-refractivity contribution < 1.29 is 9.66 Å². The van der Waals surface area contributed by atoms with Crippen LogP contribution in [0.25, 0.3) is 0 Å². The molecule has 2 heterocycles. The summed E-state index contributed by atoms with van der Waals surface area (Å²) < 4.78 is 5.68. The van der Waals surface area contributed by atoms with E-state index in [1.807, 2.05) is 24.3 Å². The number of nitro groups is 1. The molecule has 0 saturated carbocycles. The van der Waals surface area contributed by atoms with E-state index < -0.39 is 4.92 Å². The zero-order valence-corrected chi connectivity index (χ0v) is 14.6. The molecule has 26 heavy (non-hydrogen) atoms. The van der Waals surface area contributed by atoms with E-state index in [1.165, 1.54) is 12.1 Å². The van der Waals surface area contributed by atoms with Gasteiger partial charge in [0, 0.05) is 31.9 Å². The predicted octanol–water partition coefficient (Wildman–Crippen LogP) is 4.47. The highest BCUT2D eigenvalue weighted by atomic mass is 35.5. The normalized spacial score (nSPS) is 10.4. The van der Waals surface area contributed by atoms with Crippen LogP contribution in [0.15, 0.2) is 60.8 Å². The molecule has 0 spiro atoms. The van der Waals surface area contributed by atoms with Crippen molar-refractivity contribution in [2.75, 3.05) is 11.9 Å². The first-order chi connectivity index (χ1) is 12.5. The van der Waals surface area contributed by atoms with Crippen molar-refractivity contribution >= 4 is 23.1 Å². The average molecular weight is 371 g/mol. The number of ether oxygens (including phenoxy) is 1. The van der Waals surface area contributed by atoms with Gasteiger partial charge in [-0.05, 0) is 23.8 Å². The number of anilines is 1. The molecule has 0 aliphatic heterocycles. The van der Waals surface area contributed by atoms with Crippen molar-refractivity contribution in [2.24, 2.45) is 0 Å². The molecule has 0 radical (unpaired) electrons. The molecule has 0 unspecified atom stereocenters. The van der Waals surface area contributed by atoms with Gasteiger partial charge in [-0.1, -0.05) is 35.9 Å². The lowest BCUT2D eigenvalue weighted by molar-refractivity contribution is -0.384. The van der Waals surface area contributed by atoms with Crippen LogP contribution in [-0.4, -0.2) is 21.9 Å². The summed E-state index contributed by atoms with van der Waals surface area (Å²) in [7, 11) is 1.72. The summed E-state index contributed by atoms with van der Waals surface area (Å²) in [6.45, 7) is 0.382. The molecule has 0 fully saturated rings. The van der Waals surface area contributed by atoms with Crippen LogP contribution in [0.4, 0.5) is 11.5 Å². The van der Waals surface area contributed by atoms with E-state index in [4.69, 9.17) is 16.3 Å². The van der Waals surface area contributed by atoms with Gasteiger partial charge in [-0.2, -0.15) is 4.98 Å². The maximum atomic E-state index is 11.4. The molecule has 0 saturated heterocycles. The van der Waals surface area contributed by atoms with E-state index in [2.05, 4.69) is 9.97 Å².